The van der Waals surface area contributed by atoms with Gasteiger partial charge in [-0.1, -0.05) is 29.4 Å². The number of benzene rings is 2. The van der Waals surface area contributed by atoms with Gasteiger partial charge in [-0.3, -0.25) is 24.9 Å². The fourth-order valence-corrected chi connectivity index (χ4v) is 12.8. The number of hydrogen-bond acceptors (Lipinski definition) is 27. The van der Waals surface area contributed by atoms with Crippen molar-refractivity contribution in [2.24, 2.45) is 0 Å². The molecule has 0 radical (unpaired) electrons. The SMILES string of the molecule is CC(C)(C#N)c1cc(-c2cnc(N)c(-c3nnc(-c4cc5c(s4)CCNC5)o3)n2)ccn1.Cc1ncc(-c2ccnc(C(C)(C)C#N)c2)nc1-c1cc(-c2ccc(CNC3CCOC3)cc2)no1.Cc1ncc(-c2ccnc(C(C)(C)C#N)c2)nc1-c1nnc(-c2ccc(NCC3CCCN3)cc2)o1.[HH].[HH].[HH].[HH].[HH].[HH]. The first kappa shape index (κ1) is 70.7. The minimum Gasteiger partial charge on any atom is -0.415 e. The van der Waals surface area contributed by atoms with Crippen molar-refractivity contribution in [2.75, 3.05) is 43.9 Å². The van der Waals surface area contributed by atoms with Gasteiger partial charge in [0.2, 0.25) is 5.89 Å². The number of thiophene rings is 1. The fourth-order valence-electron chi connectivity index (χ4n) is 11.7. The lowest BCUT2D eigenvalue weighted by Gasteiger charge is -2.15. The van der Waals surface area contributed by atoms with Crippen molar-refractivity contribution in [1.82, 2.24) is 86.4 Å². The summed E-state index contributed by atoms with van der Waals surface area (Å²) in [6, 6.07) is 39.1. The first-order valence-corrected chi connectivity index (χ1v) is 35.0. The molecule has 3 aliphatic rings. The van der Waals surface area contributed by atoms with Gasteiger partial charge in [-0.05, 0) is 165 Å². The zero-order chi connectivity index (χ0) is 72.5. The first-order valence-electron chi connectivity index (χ1n) is 34.2. The van der Waals surface area contributed by atoms with Crippen molar-refractivity contribution in [1.29, 1.82) is 15.8 Å². The van der Waals surface area contributed by atoms with Crippen LogP contribution in [0.2, 0.25) is 0 Å². The molecule has 0 saturated carbocycles. The standard InChI is InChI=1S/C28H28N6O2.C27H28N8O.C22H20N8OS.6H2/c1-18-27(33-24(15-31-18)21-8-10-30-26(12-21)28(2,3)17-29)25-13-23(34-36-25)20-6-4-19(5-7-20)14-32-22-9-11-35-16-22;1-17-24(33-22(15-31-17)19-10-12-30-23(13-19)27(2,3)16-28)26-35-34-25(36-26)18-6-8-20(9-7-18)32-14-21-5-4-11-29-21;1-22(2,11-23)17-8-12(3-6-26-17)14-10-27-19(24)18(28-14)21-30-29-20(31-21)16-7-13-9-25-5-4-15(13)32-16;;;;;;/h4-8,10,12-13,15,22,32H,9,11,14,16H2,1-3H3;6-10,12-13,15,21,29,32H,4-5,11,14H2,1-3H3;3,6-8,10,25H,4-5,9H2,1-2H3,(H2,24,27);6*1H. The van der Waals surface area contributed by atoms with Crippen LogP contribution in [-0.2, 0) is 40.5 Å². The highest BCUT2D eigenvalue weighted by molar-refractivity contribution is 7.15. The topological polar surface area (TPSA) is 375 Å². The number of nitrogen functional groups attached to an aromatic ring is 1. The summed E-state index contributed by atoms with van der Waals surface area (Å²) in [6.45, 7) is 21.0. The number of nitrogens with one attached hydrogen (secondary N) is 4. The average Bonchev–Trinajstić information content (AvgIpc) is 1.21. The number of rotatable bonds is 18. The van der Waals surface area contributed by atoms with E-state index in [2.05, 4.69) is 118 Å². The molecule has 0 amide bonds. The van der Waals surface area contributed by atoms with Gasteiger partial charge in [0.05, 0.1) is 110 Å². The van der Waals surface area contributed by atoms with Crippen LogP contribution >= 0.6 is 11.3 Å². The normalized spacial score (nSPS) is 15.0. The summed E-state index contributed by atoms with van der Waals surface area (Å²) >= 11 is 1.67. The largest absolute Gasteiger partial charge is 0.415 e. The van der Waals surface area contributed by atoms with Crippen molar-refractivity contribution in [3.05, 3.63) is 179 Å². The third-order valence-corrected chi connectivity index (χ3v) is 19.4. The smallest absolute Gasteiger partial charge is 0.270 e. The Hall–Kier alpha value is -11.8. The van der Waals surface area contributed by atoms with Crippen LogP contribution in [0.25, 0.3) is 102 Å². The maximum Gasteiger partial charge on any atom is 0.270 e. The van der Waals surface area contributed by atoms with Gasteiger partial charge >= 0.3 is 0 Å². The van der Waals surface area contributed by atoms with Gasteiger partial charge in [-0.15, -0.1) is 31.7 Å². The van der Waals surface area contributed by atoms with Gasteiger partial charge in [0.15, 0.2) is 17.3 Å². The van der Waals surface area contributed by atoms with Crippen LogP contribution in [0.15, 0.2) is 148 Å². The lowest BCUT2D eigenvalue weighted by molar-refractivity contribution is 0.190. The molecule has 0 spiro atoms. The Morgan fingerprint density at radius 2 is 1.15 bits per heavy atom. The molecule has 3 aliphatic heterocycles. The molecule has 536 valence electrons. The predicted octanol–water partition coefficient (Wildman–Crippen LogP) is 14.2. The highest BCUT2D eigenvalue weighted by atomic mass is 32.1. The Labute approximate surface area is 614 Å². The number of nitrogens with two attached hydrogens (primary N) is 1. The highest BCUT2D eigenvalue weighted by Gasteiger charge is 2.28. The molecule has 2 aromatic carbocycles. The summed E-state index contributed by atoms with van der Waals surface area (Å²) in [5, 5.41) is 63.4. The van der Waals surface area contributed by atoms with E-state index in [1.807, 2.05) is 134 Å². The average molecular weight is 1420 g/mol. The van der Waals surface area contributed by atoms with Crippen molar-refractivity contribution >= 4 is 22.8 Å². The quantitative estimate of drug-likeness (QED) is 0.0532. The summed E-state index contributed by atoms with van der Waals surface area (Å²) in [4.78, 5) is 42.9. The van der Waals surface area contributed by atoms with E-state index in [1.165, 1.54) is 28.8 Å². The van der Waals surface area contributed by atoms with E-state index in [0.717, 1.165) is 109 Å². The summed E-state index contributed by atoms with van der Waals surface area (Å²) in [5.41, 5.74) is 19.2. The van der Waals surface area contributed by atoms with Crippen molar-refractivity contribution < 1.29 is 26.7 Å². The van der Waals surface area contributed by atoms with Crippen LogP contribution in [-0.4, -0.2) is 115 Å². The highest BCUT2D eigenvalue weighted by Crippen LogP contribution is 2.37. The maximum absolute atomic E-state index is 9.48. The zero-order valence-electron chi connectivity index (χ0n) is 58.9. The van der Waals surface area contributed by atoms with E-state index >= 15 is 0 Å². The van der Waals surface area contributed by atoms with E-state index in [9.17, 15) is 15.8 Å². The number of ether oxygens (including phenoxy) is 1. The third kappa shape index (κ3) is 16.3. The molecular weight excluding hydrogens is 1330 g/mol. The molecule has 15 rings (SSSR count). The molecular formula is C77H88N22O4S. The fraction of sp³-hybridized carbons (Fsp3) is 0.312. The number of nitrogens with zero attached hydrogens (tertiary/aromatic N) is 17. The molecule has 104 heavy (non-hydrogen) atoms. The van der Waals surface area contributed by atoms with Crippen LogP contribution in [0.5, 0.6) is 0 Å². The number of nitriles is 3. The molecule has 2 saturated heterocycles. The van der Waals surface area contributed by atoms with Gasteiger partial charge in [0.1, 0.15) is 17.1 Å². The predicted molar refractivity (Wildman–Crippen MR) is 406 cm³/mol. The molecule has 6 N–H and O–H groups in total. The second kappa shape index (κ2) is 30.8. The minimum atomic E-state index is -0.725. The summed E-state index contributed by atoms with van der Waals surface area (Å²) in [7, 11) is 0. The van der Waals surface area contributed by atoms with Crippen LogP contribution < -0.4 is 27.0 Å². The van der Waals surface area contributed by atoms with Crippen LogP contribution in [0.3, 0.4) is 0 Å². The Morgan fingerprint density at radius 3 is 1.74 bits per heavy atom. The Kier molecular flexibility index (Phi) is 20.9. The molecule has 27 heteroatoms. The van der Waals surface area contributed by atoms with Crippen LogP contribution in [0.1, 0.15) is 114 Å². The van der Waals surface area contributed by atoms with Gasteiger partial charge in [-0.2, -0.15) is 15.8 Å². The Morgan fingerprint density at radius 1 is 0.596 bits per heavy atom. The second-order valence-corrected chi connectivity index (χ2v) is 28.3. The monoisotopic (exact) mass is 1420 g/mol. The van der Waals surface area contributed by atoms with Gasteiger partial charge in [0, 0.05) is 116 Å². The first-order chi connectivity index (χ1) is 50.3. The molecule has 0 bridgehead atoms. The molecule has 2 fully saturated rings. The summed E-state index contributed by atoms with van der Waals surface area (Å²) in [5.74, 6) is 2.12. The molecule has 13 heterocycles. The van der Waals surface area contributed by atoms with E-state index in [1.54, 1.807) is 48.5 Å². The number of fused-ring (bicyclic) bond motifs is 1. The number of anilines is 2. The number of hydrogen-bond donors (Lipinski definition) is 5. The Balaban J connectivity index is 0.000000224. The minimum absolute atomic E-state index is 0. The van der Waals surface area contributed by atoms with Crippen LogP contribution in [0.4, 0.5) is 11.5 Å². The molecule has 10 aromatic heterocycles. The lowest BCUT2D eigenvalue weighted by Crippen LogP contribution is -2.29. The van der Waals surface area contributed by atoms with E-state index in [4.69, 9.17) is 33.8 Å². The van der Waals surface area contributed by atoms with E-state index < -0.39 is 16.2 Å². The number of aryl methyl sites for hydroxylation is 2. The van der Waals surface area contributed by atoms with Crippen molar-refractivity contribution in [3.8, 4) is 120 Å². The van der Waals surface area contributed by atoms with E-state index in [-0.39, 0.29) is 20.3 Å². The van der Waals surface area contributed by atoms with Crippen molar-refractivity contribution in [2.45, 2.75) is 122 Å². The van der Waals surface area contributed by atoms with Gasteiger partial charge in [-0.25, -0.2) is 19.9 Å². The maximum atomic E-state index is 9.48. The van der Waals surface area contributed by atoms with E-state index in [0.29, 0.717) is 92.5 Å². The van der Waals surface area contributed by atoms with Gasteiger partial charge in [0.25, 0.3) is 17.7 Å². The second-order valence-electron chi connectivity index (χ2n) is 27.1. The number of aromatic nitrogens is 14. The number of pyridine rings is 3. The molecule has 0 aliphatic carbocycles. The molecule has 12 aromatic rings. The lowest BCUT2D eigenvalue weighted by atomic mass is 9.90. The summed E-state index contributed by atoms with van der Waals surface area (Å²) < 4.78 is 23.0. The summed E-state index contributed by atoms with van der Waals surface area (Å²) in [6.07, 6.45) is 14.5. The molecule has 2 unspecified atom stereocenters. The van der Waals surface area contributed by atoms with Crippen molar-refractivity contribution in [3.63, 3.8) is 0 Å². The van der Waals surface area contributed by atoms with Gasteiger partial charge < -0.3 is 45.1 Å². The third-order valence-electron chi connectivity index (χ3n) is 18.2. The molecule has 2 atom stereocenters. The van der Waals surface area contributed by atoms with Crippen LogP contribution in [0, 0.1) is 47.8 Å². The molecule has 26 nitrogen and oxygen atoms in total. The zero-order valence-corrected chi connectivity index (χ0v) is 59.7. The Bertz CT molecular complexity index is 4960.